The second kappa shape index (κ2) is 8.23. The van der Waals surface area contributed by atoms with Crippen LogP contribution in [0.4, 0.5) is 11.4 Å². The van der Waals surface area contributed by atoms with E-state index in [1.165, 1.54) is 0 Å². The fourth-order valence-electron chi connectivity index (χ4n) is 2.92. The van der Waals surface area contributed by atoms with Gasteiger partial charge in [-0.05, 0) is 48.5 Å². The smallest absolute Gasteiger partial charge is 0.313 e. The van der Waals surface area contributed by atoms with Crippen LogP contribution >= 0.6 is 0 Å². The Balaban J connectivity index is 1.54. The molecule has 2 aromatic rings. The summed E-state index contributed by atoms with van der Waals surface area (Å²) >= 11 is 0. The minimum absolute atomic E-state index is 0.478. The number of carbonyl (C=O) groups excluding carboxylic acids is 2. The number of piperazine rings is 1. The average Bonchev–Trinajstić information content (AvgIpc) is 2.74. The molecule has 1 aliphatic rings. The van der Waals surface area contributed by atoms with E-state index in [1.54, 1.807) is 36.3 Å². The molecule has 0 saturated carbocycles. The average molecular weight is 364 g/mol. The van der Waals surface area contributed by atoms with E-state index in [9.17, 15) is 9.59 Å². The highest BCUT2D eigenvalue weighted by molar-refractivity contribution is 6.39. The number of nitrogens with zero attached hydrogens (tertiary/aromatic N) is 3. The quantitative estimate of drug-likeness (QED) is 0.840. The van der Waals surface area contributed by atoms with E-state index in [0.29, 0.717) is 37.4 Å². The summed E-state index contributed by atoms with van der Waals surface area (Å²) in [6.45, 7) is 2.27. The van der Waals surface area contributed by atoms with Crippen LogP contribution in [-0.4, -0.2) is 50.0 Å². The minimum Gasteiger partial charge on any atom is -0.497 e. The summed E-state index contributed by atoms with van der Waals surface area (Å²) < 4.78 is 5.16. The van der Waals surface area contributed by atoms with Gasteiger partial charge in [-0.25, -0.2) is 0 Å². The van der Waals surface area contributed by atoms with Crippen molar-refractivity contribution in [1.82, 2.24) is 4.90 Å². The molecule has 0 radical (unpaired) electrons. The summed E-state index contributed by atoms with van der Waals surface area (Å²) in [5, 5.41) is 11.4. The van der Waals surface area contributed by atoms with E-state index in [1.807, 2.05) is 30.3 Å². The molecular formula is C20H20N4O3. The van der Waals surface area contributed by atoms with Crippen molar-refractivity contribution in [3.8, 4) is 11.8 Å². The van der Waals surface area contributed by atoms with Crippen LogP contribution in [0.2, 0.25) is 0 Å². The summed E-state index contributed by atoms with van der Waals surface area (Å²) in [5.74, 6) is -0.418. The van der Waals surface area contributed by atoms with E-state index in [0.717, 1.165) is 11.4 Å². The van der Waals surface area contributed by atoms with Crippen molar-refractivity contribution in [2.45, 2.75) is 0 Å². The second-order valence-electron chi connectivity index (χ2n) is 6.12. The third-order valence-corrected chi connectivity index (χ3v) is 4.47. The normalized spacial score (nSPS) is 13.6. The van der Waals surface area contributed by atoms with Gasteiger partial charge in [-0.2, -0.15) is 5.26 Å². The van der Waals surface area contributed by atoms with Crippen molar-refractivity contribution in [2.75, 3.05) is 43.5 Å². The zero-order chi connectivity index (χ0) is 19.2. The Hall–Kier alpha value is -3.53. The molecule has 1 aliphatic heterocycles. The Labute approximate surface area is 157 Å². The molecule has 1 fully saturated rings. The molecule has 2 amide bonds. The van der Waals surface area contributed by atoms with Crippen molar-refractivity contribution in [1.29, 1.82) is 5.26 Å². The van der Waals surface area contributed by atoms with Gasteiger partial charge in [0.05, 0.1) is 18.7 Å². The standard InChI is InChI=1S/C20H20N4O3/c1-27-18-8-6-17(7-9-18)23-10-12-24(13-11-23)20(26)19(25)22-16-4-2-15(14-21)3-5-16/h2-9H,10-13H2,1H3,(H,22,25). The molecule has 27 heavy (non-hydrogen) atoms. The molecule has 0 spiro atoms. The predicted octanol–water partition coefficient (Wildman–Crippen LogP) is 1.85. The Kier molecular flexibility index (Phi) is 5.57. The van der Waals surface area contributed by atoms with Crippen LogP contribution in [0.5, 0.6) is 5.75 Å². The van der Waals surface area contributed by atoms with E-state index in [2.05, 4.69) is 10.2 Å². The molecule has 1 saturated heterocycles. The summed E-state index contributed by atoms with van der Waals surface area (Å²) in [7, 11) is 1.63. The second-order valence-corrected chi connectivity index (χ2v) is 6.12. The maximum atomic E-state index is 12.4. The fraction of sp³-hybridized carbons (Fsp3) is 0.250. The molecular weight excluding hydrogens is 344 g/mol. The monoisotopic (exact) mass is 364 g/mol. The zero-order valence-electron chi connectivity index (χ0n) is 15.0. The summed E-state index contributed by atoms with van der Waals surface area (Å²) in [4.78, 5) is 28.3. The van der Waals surface area contributed by atoms with Gasteiger partial charge in [-0.3, -0.25) is 9.59 Å². The van der Waals surface area contributed by atoms with Crippen molar-refractivity contribution in [3.05, 3.63) is 54.1 Å². The SMILES string of the molecule is COc1ccc(N2CCN(C(=O)C(=O)Nc3ccc(C#N)cc3)CC2)cc1. The Bertz CT molecular complexity index is 848. The van der Waals surface area contributed by atoms with Gasteiger partial charge in [0.25, 0.3) is 0 Å². The van der Waals surface area contributed by atoms with Crippen molar-refractivity contribution in [2.24, 2.45) is 0 Å². The molecule has 0 atom stereocenters. The molecule has 2 aromatic carbocycles. The van der Waals surface area contributed by atoms with Gasteiger partial charge in [-0.15, -0.1) is 0 Å². The summed E-state index contributed by atoms with van der Waals surface area (Å²) in [5.41, 5.74) is 2.04. The maximum Gasteiger partial charge on any atom is 0.313 e. The lowest BCUT2D eigenvalue weighted by atomic mass is 10.2. The largest absolute Gasteiger partial charge is 0.497 e. The fourth-order valence-corrected chi connectivity index (χ4v) is 2.92. The predicted molar refractivity (Wildman–Crippen MR) is 102 cm³/mol. The lowest BCUT2D eigenvalue weighted by molar-refractivity contribution is -0.143. The minimum atomic E-state index is -0.669. The summed E-state index contributed by atoms with van der Waals surface area (Å²) in [6.07, 6.45) is 0. The number of nitriles is 1. The third kappa shape index (κ3) is 4.36. The first-order valence-corrected chi connectivity index (χ1v) is 8.60. The maximum absolute atomic E-state index is 12.4. The number of ether oxygens (including phenoxy) is 1. The van der Waals surface area contributed by atoms with Gasteiger partial charge < -0.3 is 19.9 Å². The molecule has 0 aliphatic carbocycles. The lowest BCUT2D eigenvalue weighted by Crippen LogP contribution is -2.51. The van der Waals surface area contributed by atoms with Gasteiger partial charge in [0, 0.05) is 37.6 Å². The van der Waals surface area contributed by atoms with E-state index in [4.69, 9.17) is 10.00 Å². The number of methoxy groups -OCH3 is 1. The van der Waals surface area contributed by atoms with Crippen LogP contribution in [-0.2, 0) is 9.59 Å². The van der Waals surface area contributed by atoms with Crippen molar-refractivity contribution >= 4 is 23.2 Å². The molecule has 0 aromatic heterocycles. The number of hydrogen-bond donors (Lipinski definition) is 1. The van der Waals surface area contributed by atoms with E-state index < -0.39 is 11.8 Å². The molecule has 7 nitrogen and oxygen atoms in total. The van der Waals surface area contributed by atoms with Crippen LogP contribution in [0.1, 0.15) is 5.56 Å². The molecule has 0 bridgehead atoms. The van der Waals surface area contributed by atoms with Crippen LogP contribution in [0.15, 0.2) is 48.5 Å². The summed E-state index contributed by atoms with van der Waals surface area (Å²) in [6, 6.07) is 16.2. The van der Waals surface area contributed by atoms with Gasteiger partial charge in [0.2, 0.25) is 0 Å². The molecule has 1 heterocycles. The number of rotatable bonds is 3. The number of anilines is 2. The number of amides is 2. The van der Waals surface area contributed by atoms with Gasteiger partial charge in [0.15, 0.2) is 0 Å². The molecule has 138 valence electrons. The molecule has 1 N–H and O–H groups in total. The topological polar surface area (TPSA) is 85.7 Å². The highest BCUT2D eigenvalue weighted by Gasteiger charge is 2.26. The van der Waals surface area contributed by atoms with Gasteiger partial charge in [0.1, 0.15) is 5.75 Å². The van der Waals surface area contributed by atoms with E-state index >= 15 is 0 Å². The number of carbonyl (C=O) groups is 2. The van der Waals surface area contributed by atoms with Crippen LogP contribution in [0, 0.1) is 11.3 Å². The van der Waals surface area contributed by atoms with Gasteiger partial charge >= 0.3 is 11.8 Å². The van der Waals surface area contributed by atoms with E-state index in [-0.39, 0.29) is 0 Å². The Morgan fingerprint density at radius 1 is 1.00 bits per heavy atom. The highest BCUT2D eigenvalue weighted by atomic mass is 16.5. The van der Waals surface area contributed by atoms with Crippen LogP contribution in [0.3, 0.4) is 0 Å². The third-order valence-electron chi connectivity index (χ3n) is 4.47. The zero-order valence-corrected chi connectivity index (χ0v) is 15.0. The first-order valence-electron chi connectivity index (χ1n) is 8.60. The number of hydrogen-bond acceptors (Lipinski definition) is 5. The number of benzene rings is 2. The molecule has 7 heteroatoms. The van der Waals surface area contributed by atoms with Crippen molar-refractivity contribution < 1.29 is 14.3 Å². The molecule has 0 unspecified atom stereocenters. The highest BCUT2D eigenvalue weighted by Crippen LogP contribution is 2.20. The number of nitrogens with one attached hydrogen (secondary N) is 1. The first kappa shape index (κ1) is 18.3. The van der Waals surface area contributed by atoms with Crippen molar-refractivity contribution in [3.63, 3.8) is 0 Å². The van der Waals surface area contributed by atoms with Crippen LogP contribution in [0.25, 0.3) is 0 Å². The Morgan fingerprint density at radius 3 is 2.19 bits per heavy atom. The van der Waals surface area contributed by atoms with Crippen LogP contribution < -0.4 is 15.0 Å². The molecule has 3 rings (SSSR count). The Morgan fingerprint density at radius 2 is 1.63 bits per heavy atom. The van der Waals surface area contributed by atoms with Gasteiger partial charge in [-0.1, -0.05) is 0 Å². The lowest BCUT2D eigenvalue weighted by Gasteiger charge is -2.35. The first-order chi connectivity index (χ1) is 13.1.